The number of rotatable bonds is 7. The van der Waals surface area contributed by atoms with Gasteiger partial charge in [0.1, 0.15) is 0 Å². The fourth-order valence-corrected chi connectivity index (χ4v) is 3.41. The number of amides is 1. The van der Waals surface area contributed by atoms with Crippen molar-refractivity contribution >= 4 is 5.91 Å². The van der Waals surface area contributed by atoms with Gasteiger partial charge < -0.3 is 10.0 Å². The Balaban J connectivity index is 2.12. The Kier molecular flexibility index (Phi) is 6.77. The zero-order valence-electron chi connectivity index (χ0n) is 15.6. The molecule has 0 saturated heterocycles. The topological polar surface area (TPSA) is 40.5 Å². The van der Waals surface area contributed by atoms with Crippen LogP contribution in [0.5, 0.6) is 0 Å². The first-order valence-corrected chi connectivity index (χ1v) is 9.02. The number of benzene rings is 2. The predicted molar refractivity (Wildman–Crippen MR) is 102 cm³/mol. The van der Waals surface area contributed by atoms with Crippen molar-refractivity contribution in [1.29, 1.82) is 0 Å². The monoisotopic (exact) mass is 339 g/mol. The second-order valence-electron chi connectivity index (χ2n) is 6.76. The van der Waals surface area contributed by atoms with Crippen LogP contribution in [0.25, 0.3) is 0 Å². The molecule has 1 N–H and O–H groups in total. The van der Waals surface area contributed by atoms with Crippen LogP contribution in [0.2, 0.25) is 0 Å². The number of likely N-dealkylation sites (N-methyl/N-ethyl adjacent to an activating group) is 1. The van der Waals surface area contributed by atoms with E-state index in [0.717, 1.165) is 12.0 Å². The molecular weight excluding hydrogens is 310 g/mol. The summed E-state index contributed by atoms with van der Waals surface area (Å²) in [5.74, 6) is 0.109. The van der Waals surface area contributed by atoms with Crippen LogP contribution in [0.1, 0.15) is 50.3 Å². The minimum atomic E-state index is -0.695. The summed E-state index contributed by atoms with van der Waals surface area (Å²) >= 11 is 0. The van der Waals surface area contributed by atoms with Gasteiger partial charge in [0.15, 0.2) is 0 Å². The molecule has 134 valence electrons. The highest BCUT2D eigenvalue weighted by Gasteiger charge is 2.31. The number of hydrogen-bond donors (Lipinski definition) is 1. The molecule has 0 radical (unpaired) electrons. The van der Waals surface area contributed by atoms with Gasteiger partial charge in [-0.1, -0.05) is 74.5 Å². The molecule has 1 amide bonds. The lowest BCUT2D eigenvalue weighted by Crippen LogP contribution is -2.43. The van der Waals surface area contributed by atoms with Gasteiger partial charge >= 0.3 is 0 Å². The third-order valence-corrected chi connectivity index (χ3v) is 5.22. The lowest BCUT2D eigenvalue weighted by atomic mass is 9.84. The van der Waals surface area contributed by atoms with E-state index in [-0.39, 0.29) is 23.8 Å². The molecule has 0 aliphatic heterocycles. The van der Waals surface area contributed by atoms with E-state index >= 15 is 0 Å². The molecule has 2 aromatic rings. The molecule has 0 aliphatic rings. The Morgan fingerprint density at radius 3 is 1.92 bits per heavy atom. The summed E-state index contributed by atoms with van der Waals surface area (Å²) < 4.78 is 0. The molecule has 4 atom stereocenters. The third kappa shape index (κ3) is 4.49. The van der Waals surface area contributed by atoms with Gasteiger partial charge in [-0.2, -0.15) is 0 Å². The van der Waals surface area contributed by atoms with Crippen molar-refractivity contribution in [2.45, 2.75) is 45.3 Å². The quantitative estimate of drug-likeness (QED) is 0.812. The summed E-state index contributed by atoms with van der Waals surface area (Å²) in [6.07, 6.45) is 0.208. The smallest absolute Gasteiger partial charge is 0.226 e. The first kappa shape index (κ1) is 19.2. The van der Waals surface area contributed by atoms with E-state index in [1.165, 1.54) is 5.56 Å². The van der Waals surface area contributed by atoms with Crippen LogP contribution in [-0.4, -0.2) is 29.0 Å². The van der Waals surface area contributed by atoms with Gasteiger partial charge in [0.25, 0.3) is 0 Å². The van der Waals surface area contributed by atoms with Crippen LogP contribution in [0.15, 0.2) is 60.7 Å². The average Bonchev–Trinajstić information content (AvgIpc) is 2.67. The minimum Gasteiger partial charge on any atom is -0.386 e. The molecule has 3 heteroatoms. The van der Waals surface area contributed by atoms with Gasteiger partial charge in [-0.25, -0.2) is 0 Å². The molecule has 0 unspecified atom stereocenters. The molecule has 0 fully saturated rings. The van der Waals surface area contributed by atoms with Crippen molar-refractivity contribution in [3.63, 3.8) is 0 Å². The molecule has 0 heterocycles. The van der Waals surface area contributed by atoms with Gasteiger partial charge in [-0.15, -0.1) is 0 Å². The number of hydrogen-bond acceptors (Lipinski definition) is 2. The number of carbonyl (C=O) groups excluding carboxylic acids is 1. The van der Waals surface area contributed by atoms with Crippen molar-refractivity contribution in [2.24, 2.45) is 5.92 Å². The van der Waals surface area contributed by atoms with Gasteiger partial charge in [0.2, 0.25) is 5.91 Å². The lowest BCUT2D eigenvalue weighted by molar-refractivity contribution is -0.138. The van der Waals surface area contributed by atoms with E-state index in [9.17, 15) is 9.90 Å². The van der Waals surface area contributed by atoms with Crippen molar-refractivity contribution in [1.82, 2.24) is 4.90 Å². The van der Waals surface area contributed by atoms with Crippen molar-refractivity contribution < 1.29 is 9.90 Å². The van der Waals surface area contributed by atoms with E-state index in [1.807, 2.05) is 62.4 Å². The van der Waals surface area contributed by atoms with E-state index in [1.54, 1.807) is 11.9 Å². The molecule has 0 bridgehead atoms. The third-order valence-electron chi connectivity index (χ3n) is 5.22. The molecular formula is C22H29NO2. The Labute approximate surface area is 151 Å². The SMILES string of the molecule is CC[C@@H](c1ccccc1)[C@H](C)C(=O)N(C)[C@@H](C)[C@@H](O)c1ccccc1. The van der Waals surface area contributed by atoms with Gasteiger partial charge in [-0.3, -0.25) is 4.79 Å². The Morgan fingerprint density at radius 1 is 0.960 bits per heavy atom. The summed E-state index contributed by atoms with van der Waals surface area (Å²) in [7, 11) is 1.79. The van der Waals surface area contributed by atoms with E-state index in [0.29, 0.717) is 0 Å². The summed E-state index contributed by atoms with van der Waals surface area (Å²) in [6, 6.07) is 19.4. The van der Waals surface area contributed by atoms with Crippen LogP contribution in [0.3, 0.4) is 0 Å². The largest absolute Gasteiger partial charge is 0.386 e. The standard InChI is InChI=1S/C22H29NO2/c1-5-20(18-12-8-6-9-13-18)16(2)22(25)23(4)17(3)21(24)19-14-10-7-11-15-19/h6-17,20-21,24H,5H2,1-4H3/t16-,17-,20+,21+/m0/s1. The highest BCUT2D eigenvalue weighted by atomic mass is 16.3. The van der Waals surface area contributed by atoms with Crippen LogP contribution in [-0.2, 0) is 4.79 Å². The number of aliphatic hydroxyl groups is 1. The van der Waals surface area contributed by atoms with Gasteiger partial charge in [0, 0.05) is 13.0 Å². The van der Waals surface area contributed by atoms with Crippen LogP contribution in [0.4, 0.5) is 0 Å². The normalized spacial score (nSPS) is 15.9. The van der Waals surface area contributed by atoms with Gasteiger partial charge in [-0.05, 0) is 30.4 Å². The number of aliphatic hydroxyl groups excluding tert-OH is 1. The maximum Gasteiger partial charge on any atom is 0.226 e. The number of carbonyl (C=O) groups is 1. The summed E-state index contributed by atoms with van der Waals surface area (Å²) in [6.45, 7) is 6.00. The molecule has 0 saturated carbocycles. The van der Waals surface area contributed by atoms with Crippen molar-refractivity contribution in [2.75, 3.05) is 7.05 Å². The molecule has 0 spiro atoms. The zero-order valence-corrected chi connectivity index (χ0v) is 15.6. The lowest BCUT2D eigenvalue weighted by Gasteiger charge is -2.33. The summed E-state index contributed by atoms with van der Waals surface area (Å²) in [5, 5.41) is 10.6. The second-order valence-corrected chi connectivity index (χ2v) is 6.76. The summed E-state index contributed by atoms with van der Waals surface area (Å²) in [5.41, 5.74) is 2.02. The van der Waals surface area contributed by atoms with E-state index < -0.39 is 6.10 Å². The van der Waals surface area contributed by atoms with Crippen LogP contribution in [0, 0.1) is 5.92 Å². The van der Waals surface area contributed by atoms with Crippen molar-refractivity contribution in [3.05, 3.63) is 71.8 Å². The predicted octanol–water partition coefficient (Wildman–Crippen LogP) is 4.40. The fraction of sp³-hybridized carbons (Fsp3) is 0.409. The number of nitrogens with zero attached hydrogens (tertiary/aromatic N) is 1. The van der Waals surface area contributed by atoms with E-state index in [2.05, 4.69) is 19.1 Å². The van der Waals surface area contributed by atoms with E-state index in [4.69, 9.17) is 0 Å². The Hall–Kier alpha value is -2.13. The second kappa shape index (κ2) is 8.82. The summed E-state index contributed by atoms with van der Waals surface area (Å²) in [4.78, 5) is 14.7. The first-order valence-electron chi connectivity index (χ1n) is 9.02. The Morgan fingerprint density at radius 2 is 1.44 bits per heavy atom. The highest BCUT2D eigenvalue weighted by Crippen LogP contribution is 2.30. The van der Waals surface area contributed by atoms with Crippen LogP contribution < -0.4 is 0 Å². The molecule has 0 aliphatic carbocycles. The maximum absolute atomic E-state index is 13.0. The fourth-order valence-electron chi connectivity index (χ4n) is 3.41. The maximum atomic E-state index is 13.0. The zero-order chi connectivity index (χ0) is 18.4. The minimum absolute atomic E-state index is 0.0678. The molecule has 25 heavy (non-hydrogen) atoms. The average molecular weight is 339 g/mol. The van der Waals surface area contributed by atoms with Crippen LogP contribution >= 0.6 is 0 Å². The molecule has 2 rings (SSSR count). The molecule has 2 aromatic carbocycles. The molecule has 0 aromatic heterocycles. The highest BCUT2D eigenvalue weighted by molar-refractivity contribution is 5.79. The van der Waals surface area contributed by atoms with Crippen molar-refractivity contribution in [3.8, 4) is 0 Å². The van der Waals surface area contributed by atoms with Gasteiger partial charge in [0.05, 0.1) is 12.1 Å². The first-order chi connectivity index (χ1) is 12.0. The molecule has 3 nitrogen and oxygen atoms in total. The Bertz CT molecular complexity index is 656.